The normalized spacial score (nSPS) is 14.5. The predicted molar refractivity (Wildman–Crippen MR) is 114 cm³/mol. The summed E-state index contributed by atoms with van der Waals surface area (Å²) in [5.41, 5.74) is 0.633. The number of benzene rings is 1. The molecule has 1 aromatic carbocycles. The average Bonchev–Trinajstić information content (AvgIpc) is 3.44. The molecule has 0 unspecified atom stereocenters. The van der Waals surface area contributed by atoms with Gasteiger partial charge in [-0.2, -0.15) is 0 Å². The van der Waals surface area contributed by atoms with Crippen molar-refractivity contribution in [1.29, 1.82) is 0 Å². The molecule has 0 radical (unpaired) electrons. The van der Waals surface area contributed by atoms with Gasteiger partial charge in [0.2, 0.25) is 11.0 Å². The highest BCUT2D eigenvalue weighted by Crippen LogP contribution is 2.31. The van der Waals surface area contributed by atoms with E-state index in [1.807, 2.05) is 17.5 Å². The maximum atomic E-state index is 12.5. The Morgan fingerprint density at radius 1 is 1.14 bits per heavy atom. The number of nitrogens with zero attached hydrogens (tertiary/aromatic N) is 5. The number of amides is 1. The van der Waals surface area contributed by atoms with Gasteiger partial charge in [-0.3, -0.25) is 14.9 Å². The molecule has 0 saturated carbocycles. The number of piperazine rings is 1. The van der Waals surface area contributed by atoms with Crippen LogP contribution in [0, 0.1) is 10.1 Å². The van der Waals surface area contributed by atoms with Crippen LogP contribution < -0.4 is 4.90 Å². The summed E-state index contributed by atoms with van der Waals surface area (Å²) in [5, 5.41) is 23.2. The van der Waals surface area contributed by atoms with E-state index in [0.29, 0.717) is 31.7 Å². The van der Waals surface area contributed by atoms with E-state index in [4.69, 9.17) is 0 Å². The minimum atomic E-state index is -0.449. The molecular weight excluding hydrogens is 410 g/mol. The van der Waals surface area contributed by atoms with Gasteiger partial charge in [-0.1, -0.05) is 29.5 Å². The summed E-state index contributed by atoms with van der Waals surface area (Å²) in [4.78, 5) is 27.9. The van der Waals surface area contributed by atoms with Crippen LogP contribution in [0.4, 0.5) is 10.8 Å². The number of carbonyl (C=O) groups is 1. The van der Waals surface area contributed by atoms with Crippen LogP contribution in [-0.4, -0.2) is 52.1 Å². The summed E-state index contributed by atoms with van der Waals surface area (Å²) in [7, 11) is 0. The van der Waals surface area contributed by atoms with Gasteiger partial charge in [0.1, 0.15) is 0 Å². The molecule has 1 aliphatic heterocycles. The molecule has 0 bridgehead atoms. The SMILES string of the molecule is O=C(/C=C/c1cccc([N+](=O)[O-])c1)N1CCN(c2nnc(-c3cccs3)s2)CC1. The molecule has 29 heavy (non-hydrogen) atoms. The van der Waals surface area contributed by atoms with Crippen LogP contribution in [0.3, 0.4) is 0 Å². The Hall–Kier alpha value is -3.11. The third-order valence-corrected chi connectivity index (χ3v) is 6.53. The first-order chi connectivity index (χ1) is 14.1. The van der Waals surface area contributed by atoms with Crippen LogP contribution in [0.25, 0.3) is 16.0 Å². The molecule has 10 heteroatoms. The summed E-state index contributed by atoms with van der Waals surface area (Å²) >= 11 is 3.20. The Balaban J connectivity index is 1.34. The zero-order chi connectivity index (χ0) is 20.2. The summed E-state index contributed by atoms with van der Waals surface area (Å²) in [5.74, 6) is -0.104. The number of nitro benzene ring substituents is 1. The fourth-order valence-electron chi connectivity index (χ4n) is 2.98. The number of carbonyl (C=O) groups excluding carboxylic acids is 1. The summed E-state index contributed by atoms with van der Waals surface area (Å²) in [6.07, 6.45) is 3.08. The lowest BCUT2D eigenvalue weighted by Gasteiger charge is -2.33. The number of non-ortho nitro benzene ring substituents is 1. The number of anilines is 1. The zero-order valence-corrected chi connectivity index (χ0v) is 16.9. The van der Waals surface area contributed by atoms with E-state index in [1.54, 1.807) is 45.8 Å². The molecule has 3 aromatic rings. The van der Waals surface area contributed by atoms with E-state index >= 15 is 0 Å². The molecular formula is C19H17N5O3S2. The molecule has 8 nitrogen and oxygen atoms in total. The fraction of sp³-hybridized carbons (Fsp3) is 0.211. The number of thiophene rings is 1. The molecule has 1 aliphatic rings. The second-order valence-electron chi connectivity index (χ2n) is 6.36. The highest BCUT2D eigenvalue weighted by molar-refractivity contribution is 7.22. The van der Waals surface area contributed by atoms with Crippen molar-refractivity contribution in [2.75, 3.05) is 31.1 Å². The Bertz CT molecular complexity index is 1040. The highest BCUT2D eigenvalue weighted by atomic mass is 32.1. The first kappa shape index (κ1) is 19.2. The largest absolute Gasteiger partial charge is 0.343 e. The third kappa shape index (κ3) is 4.49. The average molecular weight is 428 g/mol. The maximum absolute atomic E-state index is 12.5. The van der Waals surface area contributed by atoms with Crippen molar-refractivity contribution in [3.63, 3.8) is 0 Å². The Morgan fingerprint density at radius 3 is 2.69 bits per heavy atom. The molecule has 1 amide bonds. The first-order valence-electron chi connectivity index (χ1n) is 8.94. The monoisotopic (exact) mass is 427 g/mol. The highest BCUT2D eigenvalue weighted by Gasteiger charge is 2.22. The maximum Gasteiger partial charge on any atom is 0.270 e. The second-order valence-corrected chi connectivity index (χ2v) is 8.27. The third-order valence-electron chi connectivity index (χ3n) is 4.51. The number of nitro groups is 1. The fourth-order valence-corrected chi connectivity index (χ4v) is 4.66. The summed E-state index contributed by atoms with van der Waals surface area (Å²) in [6, 6.07) is 10.2. The van der Waals surface area contributed by atoms with Crippen LogP contribution in [0.15, 0.2) is 47.9 Å². The Morgan fingerprint density at radius 2 is 1.97 bits per heavy atom. The minimum absolute atomic E-state index is 0.00666. The quantitative estimate of drug-likeness (QED) is 0.351. The van der Waals surface area contributed by atoms with Crippen molar-refractivity contribution in [3.8, 4) is 9.88 Å². The molecule has 4 rings (SSSR count). The summed E-state index contributed by atoms with van der Waals surface area (Å²) in [6.45, 7) is 2.56. The Labute approximate surface area is 174 Å². The lowest BCUT2D eigenvalue weighted by Crippen LogP contribution is -2.48. The molecule has 0 aliphatic carbocycles. The topological polar surface area (TPSA) is 92.5 Å². The standard InChI is InChI=1S/C19H17N5O3S2/c25-17(7-6-14-3-1-4-15(13-14)24(26)27)22-8-10-23(11-9-22)19-21-20-18(29-19)16-5-2-12-28-16/h1-7,12-13H,8-11H2/b7-6+. The van der Waals surface area contributed by atoms with Crippen LogP contribution >= 0.6 is 22.7 Å². The molecule has 1 saturated heterocycles. The Kier molecular flexibility index (Phi) is 5.63. The second kappa shape index (κ2) is 8.50. The number of hydrogen-bond acceptors (Lipinski definition) is 8. The van der Waals surface area contributed by atoms with Crippen LogP contribution in [0.2, 0.25) is 0 Å². The van der Waals surface area contributed by atoms with Gasteiger partial charge in [-0.15, -0.1) is 21.5 Å². The smallest absolute Gasteiger partial charge is 0.270 e. The lowest BCUT2D eigenvalue weighted by atomic mass is 10.2. The van der Waals surface area contributed by atoms with Crippen molar-refractivity contribution < 1.29 is 9.72 Å². The van der Waals surface area contributed by atoms with Crippen molar-refractivity contribution in [2.45, 2.75) is 0 Å². The number of aromatic nitrogens is 2. The van der Waals surface area contributed by atoms with Gasteiger partial charge < -0.3 is 9.80 Å². The van der Waals surface area contributed by atoms with Gasteiger partial charge in [0, 0.05) is 44.4 Å². The van der Waals surface area contributed by atoms with Crippen molar-refractivity contribution in [2.24, 2.45) is 0 Å². The lowest BCUT2D eigenvalue weighted by molar-refractivity contribution is -0.384. The van der Waals surface area contributed by atoms with Gasteiger partial charge in [0.05, 0.1) is 9.80 Å². The summed E-state index contributed by atoms with van der Waals surface area (Å²) < 4.78 is 0. The van der Waals surface area contributed by atoms with E-state index in [2.05, 4.69) is 15.1 Å². The molecule has 148 valence electrons. The van der Waals surface area contributed by atoms with Crippen molar-refractivity contribution in [1.82, 2.24) is 15.1 Å². The van der Waals surface area contributed by atoms with Gasteiger partial charge >= 0.3 is 0 Å². The van der Waals surface area contributed by atoms with Crippen molar-refractivity contribution >= 4 is 45.5 Å². The van der Waals surface area contributed by atoms with E-state index in [-0.39, 0.29) is 11.6 Å². The first-order valence-corrected chi connectivity index (χ1v) is 10.6. The van der Waals surface area contributed by atoms with E-state index in [1.165, 1.54) is 18.2 Å². The van der Waals surface area contributed by atoms with E-state index in [0.717, 1.165) is 15.0 Å². The molecule has 0 atom stereocenters. The van der Waals surface area contributed by atoms with Gasteiger partial charge in [-0.05, 0) is 23.1 Å². The van der Waals surface area contributed by atoms with Gasteiger partial charge in [0.15, 0.2) is 5.01 Å². The van der Waals surface area contributed by atoms with Gasteiger partial charge in [-0.25, -0.2) is 0 Å². The molecule has 2 aromatic heterocycles. The van der Waals surface area contributed by atoms with Gasteiger partial charge in [0.25, 0.3) is 5.69 Å². The van der Waals surface area contributed by atoms with Crippen LogP contribution in [-0.2, 0) is 4.79 Å². The van der Waals surface area contributed by atoms with Crippen LogP contribution in [0.1, 0.15) is 5.56 Å². The van der Waals surface area contributed by atoms with Crippen LogP contribution in [0.5, 0.6) is 0 Å². The molecule has 0 spiro atoms. The zero-order valence-electron chi connectivity index (χ0n) is 15.3. The number of hydrogen-bond donors (Lipinski definition) is 0. The predicted octanol–water partition coefficient (Wildman–Crippen LogP) is 3.54. The molecule has 0 N–H and O–H groups in total. The molecule has 1 fully saturated rings. The van der Waals surface area contributed by atoms with E-state index in [9.17, 15) is 14.9 Å². The number of rotatable bonds is 5. The minimum Gasteiger partial charge on any atom is -0.343 e. The van der Waals surface area contributed by atoms with E-state index < -0.39 is 4.92 Å². The molecule has 3 heterocycles. The van der Waals surface area contributed by atoms with Crippen molar-refractivity contribution in [3.05, 3.63) is 63.5 Å².